The van der Waals surface area contributed by atoms with Gasteiger partial charge in [-0.15, -0.1) is 0 Å². The van der Waals surface area contributed by atoms with Gasteiger partial charge in [-0.3, -0.25) is 0 Å². The molecule has 0 heterocycles. The molecular formula is C15H17F3O. The van der Waals surface area contributed by atoms with Crippen molar-refractivity contribution < 1.29 is 18.3 Å². The lowest BCUT2D eigenvalue weighted by Crippen LogP contribution is -2.06. The van der Waals surface area contributed by atoms with E-state index in [1.165, 1.54) is 12.1 Å². The summed E-state index contributed by atoms with van der Waals surface area (Å²) >= 11 is 0. The van der Waals surface area contributed by atoms with E-state index >= 15 is 0 Å². The summed E-state index contributed by atoms with van der Waals surface area (Å²) in [6, 6.07) is 4.56. The van der Waals surface area contributed by atoms with Crippen LogP contribution in [0.4, 0.5) is 13.2 Å². The van der Waals surface area contributed by atoms with E-state index in [-0.39, 0.29) is 0 Å². The van der Waals surface area contributed by atoms with E-state index in [4.69, 9.17) is 0 Å². The fourth-order valence-electron chi connectivity index (χ4n) is 1.76. The van der Waals surface area contributed by atoms with Crippen molar-refractivity contribution >= 4 is 0 Å². The van der Waals surface area contributed by atoms with Crippen LogP contribution in [0.25, 0.3) is 0 Å². The number of aliphatic hydroxyl groups excluding tert-OH is 1. The molecule has 1 atom stereocenters. The molecule has 0 aliphatic carbocycles. The first-order valence-corrected chi connectivity index (χ1v) is 5.97. The lowest BCUT2D eigenvalue weighted by Gasteiger charge is -2.15. The van der Waals surface area contributed by atoms with Crippen LogP contribution in [0.1, 0.15) is 37.5 Å². The Bertz CT molecular complexity index is 469. The van der Waals surface area contributed by atoms with E-state index in [1.54, 1.807) is 13.0 Å². The third kappa shape index (κ3) is 4.24. The summed E-state index contributed by atoms with van der Waals surface area (Å²) in [5.41, 5.74) is 1.25. The Balaban J connectivity index is 3.01. The van der Waals surface area contributed by atoms with E-state index in [2.05, 4.69) is 6.58 Å². The Morgan fingerprint density at radius 3 is 2.21 bits per heavy atom. The minimum Gasteiger partial charge on any atom is -0.384 e. The van der Waals surface area contributed by atoms with Crippen LogP contribution in [-0.4, -0.2) is 5.11 Å². The molecule has 0 saturated heterocycles. The zero-order chi connectivity index (χ0) is 14.6. The second-order valence-corrected chi connectivity index (χ2v) is 4.44. The molecule has 19 heavy (non-hydrogen) atoms. The van der Waals surface area contributed by atoms with Crippen molar-refractivity contribution in [3.05, 3.63) is 59.2 Å². The Kier molecular flexibility index (Phi) is 4.95. The summed E-state index contributed by atoms with van der Waals surface area (Å²) in [6.07, 6.45) is -2.90. The maximum absolute atomic E-state index is 12.4. The molecule has 0 amide bonds. The first-order chi connectivity index (χ1) is 8.75. The second-order valence-electron chi connectivity index (χ2n) is 4.44. The molecule has 104 valence electrons. The molecule has 1 aromatic rings. The minimum absolute atomic E-state index is 0.447. The van der Waals surface area contributed by atoms with Gasteiger partial charge in [-0.05, 0) is 36.6 Å². The van der Waals surface area contributed by atoms with Gasteiger partial charge in [-0.2, -0.15) is 13.2 Å². The van der Waals surface area contributed by atoms with E-state index < -0.39 is 17.8 Å². The van der Waals surface area contributed by atoms with Crippen LogP contribution >= 0.6 is 0 Å². The average molecular weight is 270 g/mol. The minimum atomic E-state index is -4.36. The van der Waals surface area contributed by atoms with Crippen LogP contribution in [0.5, 0.6) is 0 Å². The lowest BCUT2D eigenvalue weighted by atomic mass is 9.97. The number of aliphatic hydroxyl groups is 1. The SMILES string of the molecule is C=C(C)/C=C(\CC)[C@@H](O)c1ccc(C(F)(F)F)cc1. The molecule has 1 nitrogen and oxygen atoms in total. The Hall–Kier alpha value is -1.55. The summed E-state index contributed by atoms with van der Waals surface area (Å²) in [4.78, 5) is 0. The Morgan fingerprint density at radius 2 is 1.84 bits per heavy atom. The number of allylic oxidation sites excluding steroid dienone is 2. The van der Waals surface area contributed by atoms with Crippen molar-refractivity contribution in [1.29, 1.82) is 0 Å². The topological polar surface area (TPSA) is 20.2 Å². The molecule has 4 heteroatoms. The number of hydrogen-bond acceptors (Lipinski definition) is 1. The monoisotopic (exact) mass is 270 g/mol. The van der Waals surface area contributed by atoms with Gasteiger partial charge in [0.2, 0.25) is 0 Å². The number of halogens is 3. The Morgan fingerprint density at radius 1 is 1.32 bits per heavy atom. The fourth-order valence-corrected chi connectivity index (χ4v) is 1.76. The predicted molar refractivity (Wildman–Crippen MR) is 69.6 cm³/mol. The normalized spacial score (nSPS) is 14.3. The van der Waals surface area contributed by atoms with Gasteiger partial charge in [-0.1, -0.05) is 37.3 Å². The van der Waals surface area contributed by atoms with Gasteiger partial charge >= 0.3 is 6.18 Å². The van der Waals surface area contributed by atoms with Gasteiger partial charge in [0, 0.05) is 0 Å². The molecule has 0 aliphatic heterocycles. The van der Waals surface area contributed by atoms with Crippen LogP contribution < -0.4 is 0 Å². The summed E-state index contributed by atoms with van der Waals surface area (Å²) in [5.74, 6) is 0. The van der Waals surface area contributed by atoms with Crippen molar-refractivity contribution in [1.82, 2.24) is 0 Å². The summed E-state index contributed by atoms with van der Waals surface area (Å²) < 4.78 is 37.3. The molecule has 0 unspecified atom stereocenters. The number of alkyl halides is 3. The van der Waals surface area contributed by atoms with E-state index in [0.717, 1.165) is 23.3 Å². The highest BCUT2D eigenvalue weighted by Gasteiger charge is 2.30. The molecule has 0 spiro atoms. The van der Waals surface area contributed by atoms with Gasteiger partial charge in [0.05, 0.1) is 5.56 Å². The van der Waals surface area contributed by atoms with Crippen LogP contribution in [0, 0.1) is 0 Å². The largest absolute Gasteiger partial charge is 0.416 e. The van der Waals surface area contributed by atoms with Crippen LogP contribution in [-0.2, 0) is 6.18 Å². The van der Waals surface area contributed by atoms with Gasteiger partial charge in [0.1, 0.15) is 6.10 Å². The van der Waals surface area contributed by atoms with E-state index in [9.17, 15) is 18.3 Å². The van der Waals surface area contributed by atoms with Crippen molar-refractivity contribution in [2.45, 2.75) is 32.5 Å². The van der Waals surface area contributed by atoms with Gasteiger partial charge in [0.25, 0.3) is 0 Å². The van der Waals surface area contributed by atoms with E-state index in [1.807, 2.05) is 6.92 Å². The molecular weight excluding hydrogens is 253 g/mol. The van der Waals surface area contributed by atoms with Crippen molar-refractivity contribution in [3.63, 3.8) is 0 Å². The third-order valence-electron chi connectivity index (χ3n) is 2.75. The van der Waals surface area contributed by atoms with Crippen molar-refractivity contribution in [3.8, 4) is 0 Å². The molecule has 1 aromatic carbocycles. The maximum Gasteiger partial charge on any atom is 0.416 e. The third-order valence-corrected chi connectivity index (χ3v) is 2.75. The Labute approximate surface area is 111 Å². The van der Waals surface area contributed by atoms with Gasteiger partial charge in [0.15, 0.2) is 0 Å². The number of rotatable bonds is 4. The molecule has 0 aromatic heterocycles. The highest BCUT2D eigenvalue weighted by atomic mass is 19.4. The van der Waals surface area contributed by atoms with E-state index in [0.29, 0.717) is 12.0 Å². The summed E-state index contributed by atoms with van der Waals surface area (Å²) in [7, 11) is 0. The average Bonchev–Trinajstić information content (AvgIpc) is 2.34. The van der Waals surface area contributed by atoms with Gasteiger partial charge < -0.3 is 5.11 Å². The van der Waals surface area contributed by atoms with Crippen LogP contribution in [0.3, 0.4) is 0 Å². The zero-order valence-corrected chi connectivity index (χ0v) is 11.0. The smallest absolute Gasteiger partial charge is 0.384 e. The molecule has 0 fully saturated rings. The second kappa shape index (κ2) is 6.06. The first-order valence-electron chi connectivity index (χ1n) is 5.97. The lowest BCUT2D eigenvalue weighted by molar-refractivity contribution is -0.137. The molecule has 0 bridgehead atoms. The number of benzene rings is 1. The summed E-state index contributed by atoms with van der Waals surface area (Å²) in [6.45, 7) is 7.41. The highest BCUT2D eigenvalue weighted by molar-refractivity contribution is 5.32. The van der Waals surface area contributed by atoms with Crippen LogP contribution in [0.15, 0.2) is 48.1 Å². The first kappa shape index (κ1) is 15.5. The number of hydrogen-bond donors (Lipinski definition) is 1. The highest BCUT2D eigenvalue weighted by Crippen LogP contribution is 2.31. The maximum atomic E-state index is 12.4. The molecule has 0 saturated carbocycles. The van der Waals surface area contributed by atoms with Crippen molar-refractivity contribution in [2.75, 3.05) is 0 Å². The molecule has 0 radical (unpaired) electrons. The predicted octanol–water partition coefficient (Wildman–Crippen LogP) is 4.65. The fraction of sp³-hybridized carbons (Fsp3) is 0.333. The van der Waals surface area contributed by atoms with Crippen molar-refractivity contribution in [2.24, 2.45) is 0 Å². The molecule has 0 aliphatic rings. The summed E-state index contributed by atoms with van der Waals surface area (Å²) in [5, 5.41) is 10.1. The van der Waals surface area contributed by atoms with Gasteiger partial charge in [-0.25, -0.2) is 0 Å². The van der Waals surface area contributed by atoms with Crippen LogP contribution in [0.2, 0.25) is 0 Å². The molecule has 1 rings (SSSR count). The molecule has 1 N–H and O–H groups in total. The quantitative estimate of drug-likeness (QED) is 0.789. The zero-order valence-electron chi connectivity index (χ0n) is 11.0. The standard InChI is InChI=1S/C15H17F3O/c1-4-11(9-10(2)3)14(19)12-5-7-13(8-6-12)15(16,17)18/h5-9,14,19H,2,4H2,1,3H3/b11-9+/t14-/m1/s1.